The third kappa shape index (κ3) is 4.19. The molecular weight excluding hydrogens is 354 g/mol. The number of nitrogens with zero attached hydrogens (tertiary/aromatic N) is 7. The molecule has 28 heavy (non-hydrogen) atoms. The second kappa shape index (κ2) is 8.20. The fourth-order valence-corrected chi connectivity index (χ4v) is 3.37. The van der Waals surface area contributed by atoms with Gasteiger partial charge in [-0.25, -0.2) is 24.3 Å². The highest BCUT2D eigenvalue weighted by atomic mass is 15.4. The lowest BCUT2D eigenvalue weighted by Gasteiger charge is -2.25. The molecule has 1 unspecified atom stereocenters. The van der Waals surface area contributed by atoms with Crippen LogP contribution in [-0.4, -0.2) is 48.1 Å². The molecule has 1 atom stereocenters. The molecule has 0 radical (unpaired) electrons. The van der Waals surface area contributed by atoms with Crippen LogP contribution in [0.25, 0.3) is 5.69 Å². The maximum Gasteiger partial charge on any atom is 0.191 e. The number of hydrogen-bond donors (Lipinski definition) is 2. The van der Waals surface area contributed by atoms with E-state index < -0.39 is 0 Å². The fourth-order valence-electron chi connectivity index (χ4n) is 3.37. The van der Waals surface area contributed by atoms with Crippen molar-refractivity contribution in [2.75, 3.05) is 6.54 Å². The Hall–Kier alpha value is -3.23. The summed E-state index contributed by atoms with van der Waals surface area (Å²) in [4.78, 5) is 13.2. The number of fused-ring (bicyclic) bond motifs is 1. The first kappa shape index (κ1) is 18.1. The van der Waals surface area contributed by atoms with Gasteiger partial charge in [-0.15, -0.1) is 0 Å². The number of aromatic nitrogens is 6. The van der Waals surface area contributed by atoms with Gasteiger partial charge in [0.15, 0.2) is 5.96 Å². The molecule has 4 rings (SSSR count). The Kier molecular flexibility index (Phi) is 5.31. The van der Waals surface area contributed by atoms with Crippen molar-refractivity contribution in [1.82, 2.24) is 40.2 Å². The van der Waals surface area contributed by atoms with Gasteiger partial charge in [0.25, 0.3) is 0 Å². The molecule has 0 aliphatic carbocycles. The molecule has 0 saturated heterocycles. The maximum atomic E-state index is 4.77. The zero-order valence-electron chi connectivity index (χ0n) is 16.2. The van der Waals surface area contributed by atoms with Crippen LogP contribution in [0.5, 0.6) is 0 Å². The van der Waals surface area contributed by atoms with Crippen LogP contribution < -0.4 is 10.6 Å². The molecule has 1 aliphatic heterocycles. The van der Waals surface area contributed by atoms with E-state index in [2.05, 4.69) is 49.9 Å². The zero-order chi connectivity index (χ0) is 19.3. The van der Waals surface area contributed by atoms with Crippen molar-refractivity contribution in [2.24, 2.45) is 4.99 Å². The smallest absolute Gasteiger partial charge is 0.191 e. The van der Waals surface area contributed by atoms with Gasteiger partial charge in [0.05, 0.1) is 18.8 Å². The molecule has 9 heteroatoms. The Morgan fingerprint density at radius 1 is 1.36 bits per heavy atom. The van der Waals surface area contributed by atoms with Crippen LogP contribution in [0, 0.1) is 6.92 Å². The van der Waals surface area contributed by atoms with E-state index in [-0.39, 0.29) is 6.04 Å². The Morgan fingerprint density at radius 3 is 3.11 bits per heavy atom. The predicted octanol–water partition coefficient (Wildman–Crippen LogP) is 1.24. The lowest BCUT2D eigenvalue weighted by molar-refractivity contribution is 0.392. The minimum Gasteiger partial charge on any atom is -0.357 e. The molecule has 0 saturated carbocycles. The molecule has 0 spiro atoms. The second-order valence-electron chi connectivity index (χ2n) is 6.84. The summed E-state index contributed by atoms with van der Waals surface area (Å²) in [5.41, 5.74) is 2.09. The van der Waals surface area contributed by atoms with Gasteiger partial charge in [-0.05, 0) is 38.0 Å². The largest absolute Gasteiger partial charge is 0.357 e. The Morgan fingerprint density at radius 2 is 2.29 bits per heavy atom. The first-order chi connectivity index (χ1) is 13.7. The summed E-state index contributed by atoms with van der Waals surface area (Å²) < 4.78 is 3.75. The standard InChI is InChI=1S/C19H25N9/c1-3-21-19(25-16-7-8-18-24-14(2)26-27(18)11-16)22-10-15-5-4-6-17(9-15)28-13-20-12-23-28/h4-6,9,12-13,16H,3,7-8,10-11H2,1-2H3,(H2,21,22,25). The number of hydrogen-bond acceptors (Lipinski definition) is 5. The number of rotatable bonds is 5. The van der Waals surface area contributed by atoms with E-state index in [1.807, 2.05) is 23.7 Å². The van der Waals surface area contributed by atoms with Gasteiger partial charge in [0.1, 0.15) is 24.3 Å². The molecule has 0 fully saturated rings. The monoisotopic (exact) mass is 379 g/mol. The van der Waals surface area contributed by atoms with E-state index >= 15 is 0 Å². The highest BCUT2D eigenvalue weighted by molar-refractivity contribution is 5.80. The van der Waals surface area contributed by atoms with Crippen LogP contribution in [0.2, 0.25) is 0 Å². The van der Waals surface area contributed by atoms with Crippen molar-refractivity contribution in [2.45, 2.75) is 45.8 Å². The average molecular weight is 379 g/mol. The number of benzene rings is 1. The second-order valence-corrected chi connectivity index (χ2v) is 6.84. The third-order valence-electron chi connectivity index (χ3n) is 4.66. The van der Waals surface area contributed by atoms with Crippen molar-refractivity contribution < 1.29 is 0 Å². The minimum absolute atomic E-state index is 0.285. The van der Waals surface area contributed by atoms with Gasteiger partial charge in [0.2, 0.25) is 0 Å². The highest BCUT2D eigenvalue weighted by Crippen LogP contribution is 2.13. The summed E-state index contributed by atoms with van der Waals surface area (Å²) in [6.45, 7) is 6.21. The Balaban J connectivity index is 1.43. The first-order valence-corrected chi connectivity index (χ1v) is 9.60. The van der Waals surface area contributed by atoms with E-state index in [1.165, 1.54) is 6.33 Å². The molecule has 1 aromatic carbocycles. The number of aliphatic imine (C=N–C) groups is 1. The topological polar surface area (TPSA) is 97.8 Å². The van der Waals surface area contributed by atoms with Crippen LogP contribution in [-0.2, 0) is 19.5 Å². The normalized spacial score (nSPS) is 16.6. The number of guanidine groups is 1. The van der Waals surface area contributed by atoms with Crippen molar-refractivity contribution in [3.05, 3.63) is 54.1 Å². The SMILES string of the molecule is CCNC(=NCc1cccc(-n2cncn2)c1)NC1CCc2nc(C)nn2C1. The van der Waals surface area contributed by atoms with Crippen LogP contribution in [0.15, 0.2) is 41.9 Å². The van der Waals surface area contributed by atoms with Crippen LogP contribution in [0.1, 0.15) is 30.6 Å². The van der Waals surface area contributed by atoms with Gasteiger partial charge >= 0.3 is 0 Å². The van der Waals surface area contributed by atoms with Crippen molar-refractivity contribution in [3.63, 3.8) is 0 Å². The summed E-state index contributed by atoms with van der Waals surface area (Å²) >= 11 is 0. The van der Waals surface area contributed by atoms with Gasteiger partial charge in [-0.1, -0.05) is 12.1 Å². The quantitative estimate of drug-likeness (QED) is 0.511. The summed E-state index contributed by atoms with van der Waals surface area (Å²) in [5, 5.41) is 15.5. The summed E-state index contributed by atoms with van der Waals surface area (Å²) in [6, 6.07) is 8.45. The predicted molar refractivity (Wildman–Crippen MR) is 106 cm³/mol. The van der Waals surface area contributed by atoms with Crippen LogP contribution in [0.4, 0.5) is 0 Å². The van der Waals surface area contributed by atoms with E-state index in [9.17, 15) is 0 Å². The molecule has 2 N–H and O–H groups in total. The van der Waals surface area contributed by atoms with E-state index in [1.54, 1.807) is 11.0 Å². The zero-order valence-corrected chi connectivity index (χ0v) is 16.2. The lowest BCUT2D eigenvalue weighted by Crippen LogP contribution is -2.47. The van der Waals surface area contributed by atoms with Crippen LogP contribution >= 0.6 is 0 Å². The van der Waals surface area contributed by atoms with E-state index in [0.29, 0.717) is 6.54 Å². The van der Waals surface area contributed by atoms with Gasteiger partial charge in [-0.2, -0.15) is 10.2 Å². The molecule has 1 aliphatic rings. The molecule has 2 aromatic heterocycles. The molecule has 146 valence electrons. The molecule has 3 heterocycles. The van der Waals surface area contributed by atoms with Gasteiger partial charge < -0.3 is 10.6 Å². The van der Waals surface area contributed by atoms with Crippen molar-refractivity contribution >= 4 is 5.96 Å². The molecular formula is C19H25N9. The molecule has 3 aromatic rings. The fraction of sp³-hybridized carbons (Fsp3) is 0.421. The third-order valence-corrected chi connectivity index (χ3v) is 4.66. The van der Waals surface area contributed by atoms with Gasteiger partial charge in [-0.3, -0.25) is 0 Å². The lowest BCUT2D eigenvalue weighted by atomic mass is 10.1. The van der Waals surface area contributed by atoms with Crippen molar-refractivity contribution in [3.8, 4) is 5.69 Å². The molecule has 0 bridgehead atoms. The molecule has 9 nitrogen and oxygen atoms in total. The minimum atomic E-state index is 0.285. The molecule has 0 amide bonds. The highest BCUT2D eigenvalue weighted by Gasteiger charge is 2.21. The van der Waals surface area contributed by atoms with Crippen molar-refractivity contribution in [1.29, 1.82) is 0 Å². The maximum absolute atomic E-state index is 4.77. The number of nitrogens with one attached hydrogen (secondary N) is 2. The van der Waals surface area contributed by atoms with Gasteiger partial charge in [0, 0.05) is 19.0 Å². The summed E-state index contributed by atoms with van der Waals surface area (Å²) in [5.74, 6) is 2.73. The summed E-state index contributed by atoms with van der Waals surface area (Å²) in [6.07, 6.45) is 5.17. The first-order valence-electron chi connectivity index (χ1n) is 9.60. The van der Waals surface area contributed by atoms with E-state index in [4.69, 9.17) is 4.99 Å². The average Bonchev–Trinajstić information content (AvgIpc) is 3.35. The Labute approximate surface area is 163 Å². The number of aryl methyl sites for hydroxylation is 2. The van der Waals surface area contributed by atoms with E-state index in [0.717, 1.165) is 54.8 Å². The Bertz CT molecular complexity index is 942. The van der Waals surface area contributed by atoms with Crippen LogP contribution in [0.3, 0.4) is 0 Å². The summed E-state index contributed by atoms with van der Waals surface area (Å²) in [7, 11) is 0.